The summed E-state index contributed by atoms with van der Waals surface area (Å²) in [5.41, 5.74) is 2.26. The van der Waals surface area contributed by atoms with Crippen molar-refractivity contribution in [2.75, 3.05) is 30.5 Å². The molecule has 0 saturated carbocycles. The average Bonchev–Trinajstić information content (AvgIpc) is 3.07. The SMILES string of the molecule is COc1ccccc1N1C[C@H](C(=O)OCC(=O)Nc2cccc(C)c2)CC1=O. The molecule has 28 heavy (non-hydrogen) atoms. The maximum Gasteiger partial charge on any atom is 0.311 e. The molecule has 1 heterocycles. The maximum atomic E-state index is 12.4. The third-order valence-electron chi connectivity index (χ3n) is 4.48. The fraction of sp³-hybridized carbons (Fsp3) is 0.286. The molecule has 0 aromatic heterocycles. The zero-order valence-corrected chi connectivity index (χ0v) is 15.8. The van der Waals surface area contributed by atoms with E-state index in [1.807, 2.05) is 31.2 Å². The van der Waals surface area contributed by atoms with E-state index < -0.39 is 24.4 Å². The van der Waals surface area contributed by atoms with E-state index in [1.54, 1.807) is 24.3 Å². The van der Waals surface area contributed by atoms with Gasteiger partial charge in [-0.3, -0.25) is 14.4 Å². The normalized spacial score (nSPS) is 16.0. The zero-order chi connectivity index (χ0) is 20.1. The molecule has 0 bridgehead atoms. The van der Waals surface area contributed by atoms with Gasteiger partial charge in [0, 0.05) is 18.7 Å². The fourth-order valence-electron chi connectivity index (χ4n) is 3.13. The minimum absolute atomic E-state index is 0.0381. The molecule has 0 unspecified atom stereocenters. The van der Waals surface area contributed by atoms with Crippen molar-refractivity contribution in [3.8, 4) is 5.75 Å². The van der Waals surface area contributed by atoms with Crippen LogP contribution in [0.3, 0.4) is 0 Å². The Labute approximate surface area is 163 Å². The highest BCUT2D eigenvalue weighted by Crippen LogP contribution is 2.33. The van der Waals surface area contributed by atoms with Crippen molar-refractivity contribution in [3.05, 3.63) is 54.1 Å². The highest BCUT2D eigenvalue weighted by molar-refractivity contribution is 6.01. The highest BCUT2D eigenvalue weighted by atomic mass is 16.5. The van der Waals surface area contributed by atoms with Crippen molar-refractivity contribution in [1.29, 1.82) is 0 Å². The van der Waals surface area contributed by atoms with Crippen LogP contribution in [0.4, 0.5) is 11.4 Å². The molecule has 146 valence electrons. The van der Waals surface area contributed by atoms with Gasteiger partial charge in [-0.05, 0) is 36.8 Å². The van der Waals surface area contributed by atoms with E-state index in [-0.39, 0.29) is 18.9 Å². The summed E-state index contributed by atoms with van der Waals surface area (Å²) in [6.07, 6.45) is 0.0381. The third-order valence-corrected chi connectivity index (χ3v) is 4.48. The summed E-state index contributed by atoms with van der Waals surface area (Å²) < 4.78 is 10.4. The number of hydrogen-bond acceptors (Lipinski definition) is 5. The van der Waals surface area contributed by atoms with Gasteiger partial charge in [0.25, 0.3) is 5.91 Å². The molecule has 1 aliphatic rings. The smallest absolute Gasteiger partial charge is 0.311 e. The van der Waals surface area contributed by atoms with Crippen LogP contribution >= 0.6 is 0 Å². The molecular weight excluding hydrogens is 360 g/mol. The predicted octanol–water partition coefficient (Wildman–Crippen LogP) is 2.54. The van der Waals surface area contributed by atoms with Crippen molar-refractivity contribution in [1.82, 2.24) is 0 Å². The second-order valence-corrected chi connectivity index (χ2v) is 6.60. The lowest BCUT2D eigenvalue weighted by Crippen LogP contribution is -2.28. The van der Waals surface area contributed by atoms with Crippen molar-refractivity contribution >= 4 is 29.2 Å². The number of amides is 2. The molecule has 1 fully saturated rings. The number of hydrogen-bond donors (Lipinski definition) is 1. The van der Waals surface area contributed by atoms with Crippen molar-refractivity contribution in [2.45, 2.75) is 13.3 Å². The predicted molar refractivity (Wildman–Crippen MR) is 104 cm³/mol. The third kappa shape index (κ3) is 4.49. The molecule has 7 nitrogen and oxygen atoms in total. The molecule has 2 amide bonds. The summed E-state index contributed by atoms with van der Waals surface area (Å²) in [7, 11) is 1.53. The second kappa shape index (κ2) is 8.56. The number of aryl methyl sites for hydroxylation is 1. The van der Waals surface area contributed by atoms with Crippen LogP contribution in [0.15, 0.2) is 48.5 Å². The number of rotatable bonds is 6. The van der Waals surface area contributed by atoms with Gasteiger partial charge in [0.05, 0.1) is 18.7 Å². The van der Waals surface area contributed by atoms with Crippen molar-refractivity contribution < 1.29 is 23.9 Å². The number of ether oxygens (including phenoxy) is 2. The summed E-state index contributed by atoms with van der Waals surface area (Å²) >= 11 is 0. The Kier molecular flexibility index (Phi) is 5.93. The van der Waals surface area contributed by atoms with E-state index in [0.29, 0.717) is 17.1 Å². The Morgan fingerprint density at radius 1 is 1.18 bits per heavy atom. The molecule has 0 aliphatic carbocycles. The van der Waals surface area contributed by atoms with Crippen molar-refractivity contribution in [3.63, 3.8) is 0 Å². The number of benzene rings is 2. The van der Waals surface area contributed by atoms with E-state index in [9.17, 15) is 14.4 Å². The number of methoxy groups -OCH3 is 1. The Hall–Kier alpha value is -3.35. The van der Waals surface area contributed by atoms with E-state index in [2.05, 4.69) is 5.32 Å². The first-order chi connectivity index (χ1) is 13.5. The lowest BCUT2D eigenvalue weighted by molar-refractivity contribution is -0.151. The van der Waals surface area contributed by atoms with Gasteiger partial charge in [-0.1, -0.05) is 24.3 Å². The van der Waals surface area contributed by atoms with Gasteiger partial charge in [-0.2, -0.15) is 0 Å². The number of carbonyl (C=O) groups is 3. The first kappa shape index (κ1) is 19.4. The Bertz CT molecular complexity index is 896. The molecule has 0 radical (unpaired) electrons. The first-order valence-electron chi connectivity index (χ1n) is 8.94. The summed E-state index contributed by atoms with van der Waals surface area (Å²) in [4.78, 5) is 38.2. The van der Waals surface area contributed by atoms with Crippen LogP contribution in [0.2, 0.25) is 0 Å². The molecule has 0 spiro atoms. The minimum Gasteiger partial charge on any atom is -0.495 e. The van der Waals surface area contributed by atoms with Gasteiger partial charge in [-0.25, -0.2) is 0 Å². The highest BCUT2D eigenvalue weighted by Gasteiger charge is 2.37. The van der Waals surface area contributed by atoms with E-state index in [1.165, 1.54) is 12.0 Å². The molecular formula is C21H22N2O5. The average molecular weight is 382 g/mol. The zero-order valence-electron chi connectivity index (χ0n) is 15.8. The number of nitrogens with zero attached hydrogens (tertiary/aromatic N) is 1. The quantitative estimate of drug-likeness (QED) is 0.776. The molecule has 1 N–H and O–H groups in total. The Morgan fingerprint density at radius 3 is 2.71 bits per heavy atom. The van der Waals surface area contributed by atoms with Crippen LogP contribution < -0.4 is 15.0 Å². The maximum absolute atomic E-state index is 12.4. The molecule has 7 heteroatoms. The van der Waals surface area contributed by atoms with Crippen LogP contribution in [-0.2, 0) is 19.1 Å². The van der Waals surface area contributed by atoms with Crippen molar-refractivity contribution in [2.24, 2.45) is 5.92 Å². The summed E-state index contributed by atoms with van der Waals surface area (Å²) in [6.45, 7) is 1.71. The van der Waals surface area contributed by atoms with Crippen LogP contribution in [0.1, 0.15) is 12.0 Å². The summed E-state index contributed by atoms with van der Waals surface area (Å²) in [5, 5.41) is 2.68. The van der Waals surface area contributed by atoms with E-state index in [4.69, 9.17) is 9.47 Å². The molecule has 2 aromatic rings. The topological polar surface area (TPSA) is 84.9 Å². The van der Waals surface area contributed by atoms with E-state index in [0.717, 1.165) is 5.56 Å². The van der Waals surface area contributed by atoms with Gasteiger partial charge in [0.1, 0.15) is 5.75 Å². The lowest BCUT2D eigenvalue weighted by Gasteiger charge is -2.19. The molecule has 1 atom stereocenters. The van der Waals surface area contributed by atoms with Gasteiger partial charge < -0.3 is 19.7 Å². The van der Waals surface area contributed by atoms with Crippen LogP contribution in [0.5, 0.6) is 5.75 Å². The fourth-order valence-corrected chi connectivity index (χ4v) is 3.13. The number of nitrogens with one attached hydrogen (secondary N) is 1. The number of esters is 1. The van der Waals surface area contributed by atoms with Crippen LogP contribution in [0, 0.1) is 12.8 Å². The summed E-state index contributed by atoms with van der Waals surface area (Å²) in [5.74, 6) is -1.24. The first-order valence-corrected chi connectivity index (χ1v) is 8.94. The minimum atomic E-state index is -0.621. The second-order valence-electron chi connectivity index (χ2n) is 6.60. The molecule has 3 rings (SSSR count). The van der Waals surface area contributed by atoms with Gasteiger partial charge in [-0.15, -0.1) is 0 Å². The summed E-state index contributed by atoms with van der Waals surface area (Å²) in [6, 6.07) is 14.4. The molecule has 1 aliphatic heterocycles. The van der Waals surface area contributed by atoms with Crippen LogP contribution in [-0.4, -0.2) is 38.0 Å². The number of carbonyl (C=O) groups excluding carboxylic acids is 3. The molecule has 1 saturated heterocycles. The standard InChI is InChI=1S/C21H22N2O5/c1-14-6-5-7-16(10-14)22-19(24)13-28-21(26)15-11-20(25)23(12-15)17-8-3-4-9-18(17)27-2/h3-10,15H,11-13H2,1-2H3,(H,22,24)/t15-/m1/s1. The largest absolute Gasteiger partial charge is 0.495 e. The monoisotopic (exact) mass is 382 g/mol. The Balaban J connectivity index is 1.55. The number of anilines is 2. The van der Waals surface area contributed by atoms with Gasteiger partial charge in [0.2, 0.25) is 5.91 Å². The Morgan fingerprint density at radius 2 is 1.96 bits per heavy atom. The van der Waals surface area contributed by atoms with Crippen LogP contribution in [0.25, 0.3) is 0 Å². The van der Waals surface area contributed by atoms with Gasteiger partial charge in [0.15, 0.2) is 6.61 Å². The number of para-hydroxylation sites is 2. The van der Waals surface area contributed by atoms with E-state index >= 15 is 0 Å². The molecule has 2 aromatic carbocycles. The lowest BCUT2D eigenvalue weighted by atomic mass is 10.1. The van der Waals surface area contributed by atoms with Gasteiger partial charge >= 0.3 is 5.97 Å².